The van der Waals surface area contributed by atoms with E-state index in [1.807, 2.05) is 12.1 Å². The lowest BCUT2D eigenvalue weighted by Gasteiger charge is -2.39. The standard InChI is InChI=1S/C22H22ClN5O3/c23-18-19(28-7-5-22(6-8-28)10-17(30)27-21(22)31)14(11-25-20(18)24)12-1-3-15-13(9-12)2-4-16(29)26-15/h1,3,9,11H,2,4-8,10H2,(H2,24,25)(H,26,29)(H,27,30,31). The van der Waals surface area contributed by atoms with Crippen molar-refractivity contribution in [2.45, 2.75) is 32.1 Å². The van der Waals surface area contributed by atoms with Crippen LogP contribution in [0.4, 0.5) is 17.2 Å². The highest BCUT2D eigenvalue weighted by molar-refractivity contribution is 6.36. The minimum atomic E-state index is -0.622. The minimum absolute atomic E-state index is 0.0230. The molecule has 1 spiro atoms. The van der Waals surface area contributed by atoms with Crippen LogP contribution in [0.15, 0.2) is 24.4 Å². The van der Waals surface area contributed by atoms with Gasteiger partial charge in [0, 0.05) is 43.4 Å². The van der Waals surface area contributed by atoms with Crippen molar-refractivity contribution in [2.24, 2.45) is 5.41 Å². The molecule has 31 heavy (non-hydrogen) atoms. The number of fused-ring (bicyclic) bond motifs is 1. The van der Waals surface area contributed by atoms with Gasteiger partial charge in [-0.05, 0) is 42.5 Å². The summed E-state index contributed by atoms with van der Waals surface area (Å²) in [6.07, 6.45) is 4.23. The van der Waals surface area contributed by atoms with E-state index < -0.39 is 5.41 Å². The van der Waals surface area contributed by atoms with E-state index in [0.29, 0.717) is 43.8 Å². The number of pyridine rings is 1. The molecule has 0 saturated carbocycles. The normalized spacial score (nSPS) is 19.9. The second kappa shape index (κ2) is 7.23. The Kier molecular flexibility index (Phi) is 4.62. The summed E-state index contributed by atoms with van der Waals surface area (Å²) < 4.78 is 0. The maximum absolute atomic E-state index is 12.3. The summed E-state index contributed by atoms with van der Waals surface area (Å²) in [5, 5.41) is 5.72. The highest BCUT2D eigenvalue weighted by Gasteiger charge is 2.48. The summed E-state index contributed by atoms with van der Waals surface area (Å²) >= 11 is 6.63. The number of carbonyl (C=O) groups excluding carboxylic acids is 3. The topological polar surface area (TPSA) is 117 Å². The van der Waals surface area contributed by atoms with Crippen LogP contribution >= 0.6 is 11.6 Å². The number of nitrogens with one attached hydrogen (secondary N) is 2. The number of imide groups is 1. The SMILES string of the molecule is Nc1ncc(-c2ccc3c(c2)CCC(=O)N3)c(N2CCC3(CC2)CC(=O)NC3=O)c1Cl. The molecule has 0 radical (unpaired) electrons. The number of aryl methyl sites for hydroxylation is 1. The number of hydrogen-bond donors (Lipinski definition) is 3. The van der Waals surface area contributed by atoms with Crippen molar-refractivity contribution in [3.8, 4) is 11.1 Å². The number of nitrogen functional groups attached to an aromatic ring is 1. The van der Waals surface area contributed by atoms with Crippen LogP contribution in [0.5, 0.6) is 0 Å². The lowest BCUT2D eigenvalue weighted by molar-refractivity contribution is -0.129. The van der Waals surface area contributed by atoms with Crippen molar-refractivity contribution < 1.29 is 14.4 Å². The number of rotatable bonds is 2. The third-order valence-corrected chi connectivity index (χ3v) is 6.98. The Morgan fingerprint density at radius 3 is 2.55 bits per heavy atom. The molecule has 2 aromatic rings. The van der Waals surface area contributed by atoms with Crippen molar-refractivity contribution >= 4 is 46.5 Å². The molecule has 2 fully saturated rings. The van der Waals surface area contributed by atoms with Crippen LogP contribution < -0.4 is 21.3 Å². The zero-order chi connectivity index (χ0) is 21.8. The molecule has 0 atom stereocenters. The molecule has 2 saturated heterocycles. The number of aromatic nitrogens is 1. The fourth-order valence-electron chi connectivity index (χ4n) is 4.82. The molecule has 5 rings (SSSR count). The number of hydrogen-bond acceptors (Lipinski definition) is 6. The summed E-state index contributed by atoms with van der Waals surface area (Å²) in [6, 6.07) is 5.89. The highest BCUT2D eigenvalue weighted by Crippen LogP contribution is 2.45. The van der Waals surface area contributed by atoms with Crippen molar-refractivity contribution in [2.75, 3.05) is 29.0 Å². The van der Waals surface area contributed by atoms with Crippen LogP contribution in [0.1, 0.15) is 31.2 Å². The van der Waals surface area contributed by atoms with Crippen molar-refractivity contribution in [3.05, 3.63) is 35.0 Å². The van der Waals surface area contributed by atoms with Gasteiger partial charge in [0.2, 0.25) is 17.7 Å². The largest absolute Gasteiger partial charge is 0.382 e. The third-order valence-electron chi connectivity index (χ3n) is 6.60. The first kappa shape index (κ1) is 19.8. The fourth-order valence-corrected chi connectivity index (χ4v) is 5.09. The van der Waals surface area contributed by atoms with Gasteiger partial charge in [-0.3, -0.25) is 19.7 Å². The first-order valence-corrected chi connectivity index (χ1v) is 10.7. The first-order chi connectivity index (χ1) is 14.9. The quantitative estimate of drug-likeness (QED) is 0.619. The zero-order valence-electron chi connectivity index (χ0n) is 16.8. The molecule has 3 aliphatic heterocycles. The molecule has 4 N–H and O–H groups in total. The maximum Gasteiger partial charge on any atom is 0.233 e. The summed E-state index contributed by atoms with van der Waals surface area (Å²) in [4.78, 5) is 42.1. The number of anilines is 3. The van der Waals surface area contributed by atoms with Gasteiger partial charge in [0.05, 0.1) is 11.1 Å². The van der Waals surface area contributed by atoms with Crippen LogP contribution in [-0.4, -0.2) is 35.8 Å². The third kappa shape index (κ3) is 3.31. The van der Waals surface area contributed by atoms with Gasteiger partial charge in [0.25, 0.3) is 0 Å². The molecule has 0 bridgehead atoms. The molecule has 1 aromatic heterocycles. The van der Waals surface area contributed by atoms with Gasteiger partial charge in [-0.1, -0.05) is 17.7 Å². The Bertz CT molecular complexity index is 1120. The maximum atomic E-state index is 12.3. The lowest BCUT2D eigenvalue weighted by atomic mass is 9.77. The van der Waals surface area contributed by atoms with Crippen LogP contribution in [-0.2, 0) is 20.8 Å². The molecular weight excluding hydrogens is 418 g/mol. The summed E-state index contributed by atoms with van der Waals surface area (Å²) in [6.45, 7) is 1.16. The van der Waals surface area contributed by atoms with E-state index in [1.165, 1.54) is 0 Å². The van der Waals surface area contributed by atoms with E-state index in [-0.39, 0.29) is 30.0 Å². The summed E-state index contributed by atoms with van der Waals surface area (Å²) in [7, 11) is 0. The average Bonchev–Trinajstić information content (AvgIpc) is 3.03. The number of amides is 3. The van der Waals surface area contributed by atoms with E-state index in [2.05, 4.69) is 26.6 Å². The van der Waals surface area contributed by atoms with Crippen LogP contribution in [0.25, 0.3) is 11.1 Å². The predicted octanol–water partition coefficient (Wildman–Crippen LogP) is 2.50. The number of nitrogens with two attached hydrogens (primary N) is 1. The van der Waals surface area contributed by atoms with Gasteiger partial charge < -0.3 is 16.0 Å². The van der Waals surface area contributed by atoms with Crippen LogP contribution in [0.3, 0.4) is 0 Å². The van der Waals surface area contributed by atoms with Gasteiger partial charge in [-0.15, -0.1) is 0 Å². The summed E-state index contributed by atoms with van der Waals surface area (Å²) in [5.41, 5.74) is 9.87. The Morgan fingerprint density at radius 1 is 1.06 bits per heavy atom. The highest BCUT2D eigenvalue weighted by atomic mass is 35.5. The minimum Gasteiger partial charge on any atom is -0.382 e. The molecule has 8 nitrogen and oxygen atoms in total. The van der Waals surface area contributed by atoms with Gasteiger partial charge >= 0.3 is 0 Å². The van der Waals surface area contributed by atoms with E-state index in [1.54, 1.807) is 6.20 Å². The average molecular weight is 440 g/mol. The van der Waals surface area contributed by atoms with Crippen molar-refractivity contribution in [1.29, 1.82) is 0 Å². The Hall–Kier alpha value is -3.13. The van der Waals surface area contributed by atoms with Crippen molar-refractivity contribution in [1.82, 2.24) is 10.3 Å². The number of piperidine rings is 1. The monoisotopic (exact) mass is 439 g/mol. The zero-order valence-corrected chi connectivity index (χ0v) is 17.6. The van der Waals surface area contributed by atoms with Gasteiger partial charge in [0.1, 0.15) is 10.8 Å². The number of benzene rings is 1. The van der Waals surface area contributed by atoms with Crippen LogP contribution in [0, 0.1) is 5.41 Å². The number of carbonyl (C=O) groups is 3. The molecule has 160 valence electrons. The predicted molar refractivity (Wildman–Crippen MR) is 118 cm³/mol. The van der Waals surface area contributed by atoms with Crippen LogP contribution in [0.2, 0.25) is 5.02 Å². The molecule has 0 unspecified atom stereocenters. The Labute approximate surface area is 184 Å². The molecule has 9 heteroatoms. The second-order valence-corrected chi connectivity index (χ2v) is 8.84. The van der Waals surface area contributed by atoms with Gasteiger partial charge in [-0.25, -0.2) is 4.98 Å². The van der Waals surface area contributed by atoms with Gasteiger partial charge in [0.15, 0.2) is 0 Å². The summed E-state index contributed by atoms with van der Waals surface area (Å²) in [5.74, 6) is -0.101. The second-order valence-electron chi connectivity index (χ2n) is 8.46. The molecule has 3 aliphatic rings. The Balaban J connectivity index is 1.49. The molecular formula is C22H22ClN5O3. The number of halogens is 1. The van der Waals surface area contributed by atoms with E-state index >= 15 is 0 Å². The fraction of sp³-hybridized carbons (Fsp3) is 0.364. The lowest BCUT2D eigenvalue weighted by Crippen LogP contribution is -2.44. The smallest absolute Gasteiger partial charge is 0.233 e. The van der Waals surface area contributed by atoms with E-state index in [0.717, 1.165) is 28.1 Å². The van der Waals surface area contributed by atoms with Gasteiger partial charge in [-0.2, -0.15) is 0 Å². The molecule has 1 aromatic carbocycles. The van der Waals surface area contributed by atoms with E-state index in [9.17, 15) is 14.4 Å². The molecule has 4 heterocycles. The molecule has 0 aliphatic carbocycles. The van der Waals surface area contributed by atoms with Crippen molar-refractivity contribution in [3.63, 3.8) is 0 Å². The molecule has 3 amide bonds. The Morgan fingerprint density at radius 2 is 1.84 bits per heavy atom. The first-order valence-electron chi connectivity index (χ1n) is 10.3. The van der Waals surface area contributed by atoms with E-state index in [4.69, 9.17) is 17.3 Å². The number of nitrogens with zero attached hydrogens (tertiary/aromatic N) is 2.